The summed E-state index contributed by atoms with van der Waals surface area (Å²) in [7, 11) is 0. The van der Waals surface area contributed by atoms with E-state index in [0.29, 0.717) is 17.2 Å². The number of aliphatic hydroxyl groups is 1. The van der Waals surface area contributed by atoms with Gasteiger partial charge in [-0.25, -0.2) is 0 Å². The number of rotatable bonds is 3. The number of benzene rings is 1. The fourth-order valence-electron chi connectivity index (χ4n) is 1.94. The van der Waals surface area contributed by atoms with Crippen molar-refractivity contribution in [3.63, 3.8) is 0 Å². The van der Waals surface area contributed by atoms with Crippen LogP contribution in [0, 0.1) is 0 Å². The Balaban J connectivity index is 2.10. The van der Waals surface area contributed by atoms with Crippen molar-refractivity contribution < 1.29 is 9.84 Å². The largest absolute Gasteiger partial charge is 0.455 e. The Labute approximate surface area is 124 Å². The molecule has 2 heterocycles. The van der Waals surface area contributed by atoms with Gasteiger partial charge in [0.1, 0.15) is 11.5 Å². The third-order valence-electron chi connectivity index (χ3n) is 2.80. The first-order valence-corrected chi connectivity index (χ1v) is 6.83. The Morgan fingerprint density at radius 2 is 2.00 bits per heavy atom. The summed E-state index contributed by atoms with van der Waals surface area (Å²) >= 11 is 3.36. The van der Waals surface area contributed by atoms with E-state index in [2.05, 4.69) is 25.9 Å². The average Bonchev–Trinajstić information content (AvgIpc) is 2.47. The van der Waals surface area contributed by atoms with Crippen LogP contribution < -0.4 is 4.74 Å². The second-order valence-corrected chi connectivity index (χ2v) is 5.14. The van der Waals surface area contributed by atoms with Gasteiger partial charge in [0.2, 0.25) is 0 Å². The maximum absolute atomic E-state index is 9.29. The lowest BCUT2D eigenvalue weighted by molar-refractivity contribution is 0.276. The molecule has 100 valence electrons. The number of para-hydroxylation sites is 1. The van der Waals surface area contributed by atoms with Crippen LogP contribution in [0.25, 0.3) is 10.9 Å². The molecule has 0 aliphatic carbocycles. The molecule has 0 aliphatic heterocycles. The number of nitrogens with zero attached hydrogens (tertiary/aromatic N) is 2. The minimum atomic E-state index is -0.127. The van der Waals surface area contributed by atoms with Gasteiger partial charge in [-0.15, -0.1) is 0 Å². The maximum Gasteiger partial charge on any atom is 0.146 e. The summed E-state index contributed by atoms with van der Waals surface area (Å²) in [6.07, 6.45) is 3.33. The lowest BCUT2D eigenvalue weighted by atomic mass is 10.2. The Bertz CT molecular complexity index is 762. The predicted octanol–water partition coefficient (Wildman–Crippen LogP) is 3.68. The van der Waals surface area contributed by atoms with Crippen molar-refractivity contribution in [1.82, 2.24) is 9.97 Å². The summed E-state index contributed by atoms with van der Waals surface area (Å²) in [5.74, 6) is 1.28. The highest BCUT2D eigenvalue weighted by Gasteiger charge is 2.08. The molecule has 0 unspecified atom stereocenters. The van der Waals surface area contributed by atoms with Crippen LogP contribution in [0.5, 0.6) is 11.5 Å². The van der Waals surface area contributed by atoms with Crippen molar-refractivity contribution >= 4 is 26.8 Å². The van der Waals surface area contributed by atoms with E-state index in [4.69, 9.17) is 4.74 Å². The summed E-state index contributed by atoms with van der Waals surface area (Å²) in [4.78, 5) is 8.42. The van der Waals surface area contributed by atoms with Gasteiger partial charge in [0.25, 0.3) is 0 Å². The van der Waals surface area contributed by atoms with Crippen LogP contribution in [0.1, 0.15) is 5.69 Å². The summed E-state index contributed by atoms with van der Waals surface area (Å²) < 4.78 is 6.71. The molecule has 0 fully saturated rings. The van der Waals surface area contributed by atoms with Crippen molar-refractivity contribution in [2.24, 2.45) is 0 Å². The van der Waals surface area contributed by atoms with Crippen LogP contribution in [0.15, 0.2) is 53.3 Å². The number of aromatic nitrogens is 2. The molecule has 4 nitrogen and oxygen atoms in total. The zero-order chi connectivity index (χ0) is 13.9. The van der Waals surface area contributed by atoms with E-state index < -0.39 is 0 Å². The number of fused-ring (bicyclic) bond motifs is 1. The second-order valence-electron chi connectivity index (χ2n) is 4.23. The molecule has 0 amide bonds. The molecule has 2 aromatic heterocycles. The Hall–Kier alpha value is -1.98. The smallest absolute Gasteiger partial charge is 0.146 e. The third-order valence-corrected chi connectivity index (χ3v) is 3.23. The maximum atomic E-state index is 9.29. The molecule has 0 spiro atoms. The van der Waals surface area contributed by atoms with E-state index >= 15 is 0 Å². The van der Waals surface area contributed by atoms with E-state index in [0.717, 1.165) is 15.4 Å². The first-order chi connectivity index (χ1) is 9.76. The van der Waals surface area contributed by atoms with Gasteiger partial charge >= 0.3 is 0 Å². The van der Waals surface area contributed by atoms with Gasteiger partial charge in [-0.2, -0.15) is 0 Å². The van der Waals surface area contributed by atoms with E-state index in [1.54, 1.807) is 18.5 Å². The number of hydrogen-bond donors (Lipinski definition) is 1. The highest BCUT2D eigenvalue weighted by molar-refractivity contribution is 9.10. The lowest BCUT2D eigenvalue weighted by Gasteiger charge is -2.10. The highest BCUT2D eigenvalue weighted by atomic mass is 79.9. The van der Waals surface area contributed by atoms with Crippen molar-refractivity contribution in [3.8, 4) is 11.5 Å². The molecule has 1 aromatic carbocycles. The first-order valence-electron chi connectivity index (χ1n) is 6.04. The standard InChI is InChI=1S/C15H11BrN2O2/c16-10-5-12(8-17-7-10)20-15-6-11(9-19)18-14-4-2-1-3-13(14)15/h1-8,19H,9H2. The molecule has 0 saturated heterocycles. The molecule has 5 heteroatoms. The van der Waals surface area contributed by atoms with Gasteiger partial charge in [0, 0.05) is 22.1 Å². The number of ether oxygens (including phenoxy) is 1. The van der Waals surface area contributed by atoms with Crippen molar-refractivity contribution in [1.29, 1.82) is 0 Å². The van der Waals surface area contributed by atoms with E-state index in [9.17, 15) is 5.11 Å². The zero-order valence-corrected chi connectivity index (χ0v) is 12.0. The summed E-state index contributed by atoms with van der Waals surface area (Å²) in [6, 6.07) is 11.2. The van der Waals surface area contributed by atoms with E-state index in [-0.39, 0.29) is 6.61 Å². The van der Waals surface area contributed by atoms with Gasteiger partial charge in [0.05, 0.1) is 24.0 Å². The molecule has 0 radical (unpaired) electrons. The summed E-state index contributed by atoms with van der Waals surface area (Å²) in [5.41, 5.74) is 1.36. The molecule has 0 bridgehead atoms. The molecule has 0 atom stereocenters. The van der Waals surface area contributed by atoms with E-state index in [1.165, 1.54) is 0 Å². The number of aliphatic hydroxyl groups excluding tert-OH is 1. The minimum Gasteiger partial charge on any atom is -0.455 e. The van der Waals surface area contributed by atoms with Gasteiger partial charge in [-0.3, -0.25) is 9.97 Å². The van der Waals surface area contributed by atoms with Crippen molar-refractivity contribution in [3.05, 3.63) is 59.0 Å². The minimum absolute atomic E-state index is 0.127. The first kappa shape index (κ1) is 13.0. The molecular weight excluding hydrogens is 320 g/mol. The third kappa shape index (κ3) is 2.64. The molecule has 20 heavy (non-hydrogen) atoms. The van der Waals surface area contributed by atoms with Crippen LogP contribution in [0.2, 0.25) is 0 Å². The van der Waals surface area contributed by atoms with Gasteiger partial charge in [-0.1, -0.05) is 12.1 Å². The average molecular weight is 331 g/mol. The molecule has 3 rings (SSSR count). The van der Waals surface area contributed by atoms with Gasteiger partial charge < -0.3 is 9.84 Å². The lowest BCUT2D eigenvalue weighted by Crippen LogP contribution is -1.94. The number of halogens is 1. The van der Waals surface area contributed by atoms with Crippen LogP contribution >= 0.6 is 15.9 Å². The van der Waals surface area contributed by atoms with Gasteiger partial charge in [0.15, 0.2) is 0 Å². The fourth-order valence-corrected chi connectivity index (χ4v) is 2.28. The number of hydrogen-bond acceptors (Lipinski definition) is 4. The molecule has 1 N–H and O–H groups in total. The molecule has 0 aliphatic rings. The van der Waals surface area contributed by atoms with E-state index in [1.807, 2.05) is 30.3 Å². The quantitative estimate of drug-likeness (QED) is 0.795. The number of pyridine rings is 2. The summed E-state index contributed by atoms with van der Waals surface area (Å²) in [6.45, 7) is -0.127. The van der Waals surface area contributed by atoms with Crippen molar-refractivity contribution in [2.75, 3.05) is 0 Å². The van der Waals surface area contributed by atoms with Crippen LogP contribution in [0.4, 0.5) is 0 Å². The zero-order valence-electron chi connectivity index (χ0n) is 10.5. The SMILES string of the molecule is OCc1cc(Oc2cncc(Br)c2)c2ccccc2n1. The topological polar surface area (TPSA) is 55.2 Å². The Morgan fingerprint density at radius 3 is 2.80 bits per heavy atom. The van der Waals surface area contributed by atoms with Crippen LogP contribution in [-0.4, -0.2) is 15.1 Å². The summed E-state index contributed by atoms with van der Waals surface area (Å²) in [5, 5.41) is 10.2. The predicted molar refractivity (Wildman–Crippen MR) is 79.7 cm³/mol. The highest BCUT2D eigenvalue weighted by Crippen LogP contribution is 2.30. The molecule has 0 saturated carbocycles. The Kier molecular flexibility index (Phi) is 3.62. The Morgan fingerprint density at radius 1 is 1.15 bits per heavy atom. The normalized spacial score (nSPS) is 10.7. The molecule has 3 aromatic rings. The molecular formula is C15H11BrN2O2. The van der Waals surface area contributed by atoms with Crippen molar-refractivity contribution in [2.45, 2.75) is 6.61 Å². The monoisotopic (exact) mass is 330 g/mol. The van der Waals surface area contributed by atoms with Crippen LogP contribution in [-0.2, 0) is 6.61 Å². The van der Waals surface area contributed by atoms with Crippen LogP contribution in [0.3, 0.4) is 0 Å². The second kappa shape index (κ2) is 5.56. The van der Waals surface area contributed by atoms with Gasteiger partial charge in [-0.05, 0) is 34.1 Å². The fraction of sp³-hybridized carbons (Fsp3) is 0.0667.